The van der Waals surface area contributed by atoms with Crippen LogP contribution in [0.5, 0.6) is 0 Å². The molecule has 1 aromatic carbocycles. The molecular weight excluding hydrogens is 358 g/mol. The predicted octanol–water partition coefficient (Wildman–Crippen LogP) is 1.47. The minimum atomic E-state index is -0.788. The molecule has 8 heteroatoms. The number of nitrogens with zero attached hydrogens (tertiary/aromatic N) is 2. The molecule has 0 saturated heterocycles. The van der Waals surface area contributed by atoms with E-state index in [-0.39, 0.29) is 17.5 Å². The van der Waals surface area contributed by atoms with Crippen molar-refractivity contribution in [3.05, 3.63) is 81.5 Å². The van der Waals surface area contributed by atoms with Crippen molar-refractivity contribution in [2.24, 2.45) is 5.73 Å². The number of fused-ring (bicyclic) bond motifs is 1. The van der Waals surface area contributed by atoms with Crippen LogP contribution in [0.2, 0.25) is 0 Å². The van der Waals surface area contributed by atoms with E-state index in [1.807, 2.05) is 30.3 Å². The Morgan fingerprint density at radius 1 is 1.25 bits per heavy atom. The van der Waals surface area contributed by atoms with Crippen molar-refractivity contribution in [2.75, 3.05) is 0 Å². The molecule has 2 amide bonds. The van der Waals surface area contributed by atoms with Gasteiger partial charge in [-0.05, 0) is 43.0 Å². The number of nitrogens with two attached hydrogens (primary N) is 1. The largest absolute Gasteiger partial charge is 0.365 e. The monoisotopic (exact) mass is 377 g/mol. The molecule has 142 valence electrons. The van der Waals surface area contributed by atoms with Crippen molar-refractivity contribution < 1.29 is 9.59 Å². The van der Waals surface area contributed by atoms with Crippen LogP contribution in [0.1, 0.15) is 50.9 Å². The van der Waals surface area contributed by atoms with E-state index in [0.717, 1.165) is 23.4 Å². The fourth-order valence-corrected chi connectivity index (χ4v) is 3.48. The number of hydrogen-bond acceptors (Lipinski definition) is 4. The lowest BCUT2D eigenvalue weighted by Crippen LogP contribution is -2.34. The van der Waals surface area contributed by atoms with Crippen LogP contribution < -0.4 is 16.6 Å². The maximum Gasteiger partial charge on any atom is 0.261 e. The zero-order valence-corrected chi connectivity index (χ0v) is 15.0. The van der Waals surface area contributed by atoms with E-state index in [4.69, 9.17) is 5.73 Å². The van der Waals surface area contributed by atoms with Crippen LogP contribution in [0.15, 0.2) is 53.6 Å². The molecule has 1 aliphatic carbocycles. The summed E-state index contributed by atoms with van der Waals surface area (Å²) in [4.78, 5) is 38.9. The van der Waals surface area contributed by atoms with Crippen LogP contribution in [0.25, 0.3) is 5.69 Å². The van der Waals surface area contributed by atoms with Gasteiger partial charge < -0.3 is 16.0 Å². The lowest BCUT2D eigenvalue weighted by Gasteiger charge is -2.26. The maximum absolute atomic E-state index is 12.7. The molecule has 1 unspecified atom stereocenters. The normalized spacial score (nSPS) is 15.6. The number of benzene rings is 1. The van der Waals surface area contributed by atoms with Gasteiger partial charge in [-0.1, -0.05) is 18.2 Å². The lowest BCUT2D eigenvalue weighted by atomic mass is 9.90. The number of pyridine rings is 1. The first-order valence-electron chi connectivity index (χ1n) is 9.00. The Kier molecular flexibility index (Phi) is 4.52. The Bertz CT molecular complexity index is 1100. The topological polar surface area (TPSA) is 123 Å². The number of aromatic amines is 1. The highest BCUT2D eigenvalue weighted by Gasteiger charge is 2.25. The summed E-state index contributed by atoms with van der Waals surface area (Å²) in [6.45, 7) is 0. The number of primary amides is 1. The standard InChI is InChI=1S/C20H19N5O3/c21-18(26)15-9-14-16(7-4-8-17(14)24-20(15)28)23-19(27)12-10-22-25(11-12)13-5-2-1-3-6-13/h1-3,5-6,9-11,16H,4,7-8H2,(H2,21,26)(H,23,27)(H,24,28). The van der Waals surface area contributed by atoms with E-state index < -0.39 is 11.5 Å². The van der Waals surface area contributed by atoms with E-state index in [1.54, 1.807) is 10.9 Å². The maximum atomic E-state index is 12.7. The van der Waals surface area contributed by atoms with Crippen molar-refractivity contribution >= 4 is 11.8 Å². The fourth-order valence-electron chi connectivity index (χ4n) is 3.48. The third-order valence-electron chi connectivity index (χ3n) is 4.89. The number of rotatable bonds is 4. The van der Waals surface area contributed by atoms with Crippen LogP contribution >= 0.6 is 0 Å². The molecule has 2 heterocycles. The summed E-state index contributed by atoms with van der Waals surface area (Å²) in [6.07, 6.45) is 5.37. The number of nitrogens with one attached hydrogen (secondary N) is 2. The zero-order valence-electron chi connectivity index (χ0n) is 15.0. The zero-order chi connectivity index (χ0) is 19.7. The third kappa shape index (κ3) is 3.32. The van der Waals surface area contributed by atoms with Gasteiger partial charge in [0.15, 0.2) is 0 Å². The van der Waals surface area contributed by atoms with E-state index in [2.05, 4.69) is 15.4 Å². The van der Waals surface area contributed by atoms with Crippen LogP contribution in [0, 0.1) is 0 Å². The highest BCUT2D eigenvalue weighted by atomic mass is 16.2. The summed E-state index contributed by atoms with van der Waals surface area (Å²) in [7, 11) is 0. The van der Waals surface area contributed by atoms with Crippen molar-refractivity contribution in [3.8, 4) is 5.69 Å². The summed E-state index contributed by atoms with van der Waals surface area (Å²) in [5.74, 6) is -1.06. The van der Waals surface area contributed by atoms with Gasteiger partial charge in [-0.25, -0.2) is 4.68 Å². The molecule has 0 radical (unpaired) electrons. The average Bonchev–Trinajstić information content (AvgIpc) is 3.18. The Hall–Kier alpha value is -3.68. The smallest absolute Gasteiger partial charge is 0.261 e. The quantitative estimate of drug-likeness (QED) is 0.637. The van der Waals surface area contributed by atoms with Gasteiger partial charge in [0.1, 0.15) is 5.56 Å². The molecule has 28 heavy (non-hydrogen) atoms. The minimum absolute atomic E-state index is 0.100. The first-order chi connectivity index (χ1) is 13.5. The number of aryl methyl sites for hydroxylation is 1. The summed E-state index contributed by atoms with van der Waals surface area (Å²) in [6, 6.07) is 10.7. The first kappa shape index (κ1) is 17.7. The van der Waals surface area contributed by atoms with Crippen LogP contribution in [0.3, 0.4) is 0 Å². The molecule has 4 N–H and O–H groups in total. The van der Waals surface area contributed by atoms with Crippen molar-refractivity contribution in [1.82, 2.24) is 20.1 Å². The minimum Gasteiger partial charge on any atom is -0.365 e. The number of hydrogen-bond donors (Lipinski definition) is 3. The highest BCUT2D eigenvalue weighted by Crippen LogP contribution is 2.28. The Labute approximate surface area is 160 Å². The number of H-pyrrole nitrogens is 1. The second-order valence-electron chi connectivity index (χ2n) is 6.74. The number of carbonyl (C=O) groups is 2. The Morgan fingerprint density at radius 2 is 2.04 bits per heavy atom. The van der Waals surface area contributed by atoms with Gasteiger partial charge in [0, 0.05) is 11.9 Å². The summed E-state index contributed by atoms with van der Waals surface area (Å²) in [5.41, 5.74) is 7.42. The summed E-state index contributed by atoms with van der Waals surface area (Å²) >= 11 is 0. The SMILES string of the molecule is NC(=O)c1cc2c([nH]c1=O)CCCC2NC(=O)c1cnn(-c2ccccc2)c1. The van der Waals surface area contributed by atoms with Gasteiger partial charge in [-0.3, -0.25) is 14.4 Å². The van der Waals surface area contributed by atoms with Gasteiger partial charge in [-0.2, -0.15) is 5.10 Å². The van der Waals surface area contributed by atoms with Gasteiger partial charge in [0.05, 0.1) is 23.5 Å². The number of carbonyl (C=O) groups excluding carboxylic acids is 2. The van der Waals surface area contributed by atoms with E-state index in [0.29, 0.717) is 18.4 Å². The number of aromatic nitrogens is 3. The molecule has 0 saturated carbocycles. The molecule has 0 aliphatic heterocycles. The molecule has 0 spiro atoms. The Balaban J connectivity index is 1.58. The predicted molar refractivity (Wildman–Crippen MR) is 102 cm³/mol. The van der Waals surface area contributed by atoms with Crippen LogP contribution in [0.4, 0.5) is 0 Å². The number of amides is 2. The highest BCUT2D eigenvalue weighted by molar-refractivity contribution is 5.94. The van der Waals surface area contributed by atoms with Crippen molar-refractivity contribution in [2.45, 2.75) is 25.3 Å². The van der Waals surface area contributed by atoms with Gasteiger partial charge in [0.2, 0.25) is 0 Å². The van der Waals surface area contributed by atoms with Crippen molar-refractivity contribution in [1.29, 1.82) is 0 Å². The van der Waals surface area contributed by atoms with E-state index in [9.17, 15) is 14.4 Å². The second-order valence-corrected chi connectivity index (χ2v) is 6.74. The molecular formula is C20H19N5O3. The molecule has 0 fully saturated rings. The molecule has 0 bridgehead atoms. The fraction of sp³-hybridized carbons (Fsp3) is 0.200. The van der Waals surface area contributed by atoms with E-state index >= 15 is 0 Å². The van der Waals surface area contributed by atoms with Crippen LogP contribution in [-0.4, -0.2) is 26.6 Å². The van der Waals surface area contributed by atoms with Gasteiger partial charge in [0.25, 0.3) is 17.4 Å². The van der Waals surface area contributed by atoms with E-state index in [1.165, 1.54) is 12.3 Å². The second kappa shape index (κ2) is 7.15. The molecule has 3 aromatic rings. The van der Waals surface area contributed by atoms with Crippen LogP contribution in [-0.2, 0) is 6.42 Å². The Morgan fingerprint density at radius 3 is 2.79 bits per heavy atom. The molecule has 1 atom stereocenters. The van der Waals surface area contributed by atoms with Gasteiger partial charge in [-0.15, -0.1) is 0 Å². The van der Waals surface area contributed by atoms with Crippen molar-refractivity contribution in [3.63, 3.8) is 0 Å². The number of para-hydroxylation sites is 1. The first-order valence-corrected chi connectivity index (χ1v) is 9.00. The molecule has 2 aromatic heterocycles. The molecule has 1 aliphatic rings. The molecule has 4 rings (SSSR count). The average molecular weight is 377 g/mol. The lowest BCUT2D eigenvalue weighted by molar-refractivity contribution is 0.0932. The third-order valence-corrected chi connectivity index (χ3v) is 4.89. The molecule has 8 nitrogen and oxygen atoms in total. The summed E-state index contributed by atoms with van der Waals surface area (Å²) in [5, 5.41) is 7.22. The van der Waals surface area contributed by atoms with Gasteiger partial charge >= 0.3 is 0 Å². The summed E-state index contributed by atoms with van der Waals surface area (Å²) < 4.78 is 1.63.